The maximum absolute atomic E-state index is 12.2. The highest BCUT2D eigenvalue weighted by Gasteiger charge is 2.12. The molecule has 5 heteroatoms. The number of rotatable bonds is 5. The van der Waals surface area contributed by atoms with Crippen LogP contribution in [-0.4, -0.2) is 11.9 Å². The number of benzene rings is 2. The molecule has 0 bridgehead atoms. The van der Waals surface area contributed by atoms with Gasteiger partial charge in [0.1, 0.15) is 6.04 Å². The zero-order valence-electron chi connectivity index (χ0n) is 12.1. The third kappa shape index (κ3) is 4.61. The van der Waals surface area contributed by atoms with E-state index in [2.05, 4.69) is 32.6 Å². The van der Waals surface area contributed by atoms with E-state index in [9.17, 15) is 4.79 Å². The molecule has 4 nitrogen and oxygen atoms in total. The molecule has 0 aliphatic heterocycles. The van der Waals surface area contributed by atoms with Crippen LogP contribution < -0.4 is 10.6 Å². The molecule has 1 unspecified atom stereocenters. The van der Waals surface area contributed by atoms with Crippen LogP contribution in [0.3, 0.4) is 0 Å². The molecule has 0 fully saturated rings. The second-order valence-corrected chi connectivity index (χ2v) is 5.81. The van der Waals surface area contributed by atoms with Crippen LogP contribution in [-0.2, 0) is 11.2 Å². The smallest absolute Gasteiger partial charge is 0.246 e. The summed E-state index contributed by atoms with van der Waals surface area (Å²) in [6, 6.07) is 16.7. The van der Waals surface area contributed by atoms with E-state index in [0.717, 1.165) is 21.4 Å². The van der Waals surface area contributed by atoms with Crippen molar-refractivity contribution in [1.82, 2.24) is 0 Å². The second kappa shape index (κ2) is 7.62. The number of amides is 1. The molecule has 0 saturated carbocycles. The summed E-state index contributed by atoms with van der Waals surface area (Å²) in [6.45, 7) is 1.80. The molecular formula is C17H16BrN3O. The van der Waals surface area contributed by atoms with Gasteiger partial charge in [0.25, 0.3) is 0 Å². The Morgan fingerprint density at radius 2 is 1.95 bits per heavy atom. The predicted molar refractivity (Wildman–Crippen MR) is 91.6 cm³/mol. The molecular weight excluding hydrogens is 342 g/mol. The highest BCUT2D eigenvalue weighted by atomic mass is 79.9. The Hall–Kier alpha value is -2.32. The first kappa shape index (κ1) is 16.1. The van der Waals surface area contributed by atoms with Gasteiger partial charge in [0.15, 0.2) is 0 Å². The van der Waals surface area contributed by atoms with Crippen molar-refractivity contribution in [2.24, 2.45) is 0 Å². The van der Waals surface area contributed by atoms with Gasteiger partial charge in [-0.15, -0.1) is 0 Å². The number of nitrogens with zero attached hydrogens (tertiary/aromatic N) is 1. The minimum Gasteiger partial charge on any atom is -0.374 e. The number of nitriles is 1. The number of halogens is 1. The maximum atomic E-state index is 12.2. The molecule has 2 rings (SSSR count). The lowest BCUT2D eigenvalue weighted by Gasteiger charge is -2.15. The number of anilines is 2. The molecule has 2 aromatic rings. The van der Waals surface area contributed by atoms with Crippen LogP contribution in [0.1, 0.15) is 12.5 Å². The summed E-state index contributed by atoms with van der Waals surface area (Å²) in [5.41, 5.74) is 2.55. The van der Waals surface area contributed by atoms with E-state index in [1.165, 1.54) is 0 Å². The van der Waals surface area contributed by atoms with Gasteiger partial charge in [-0.1, -0.05) is 34.1 Å². The van der Waals surface area contributed by atoms with Gasteiger partial charge < -0.3 is 10.6 Å². The summed E-state index contributed by atoms with van der Waals surface area (Å²) in [5, 5.41) is 14.6. The minimum atomic E-state index is -0.374. The molecule has 112 valence electrons. The van der Waals surface area contributed by atoms with Gasteiger partial charge in [-0.05, 0) is 42.8 Å². The Balaban J connectivity index is 1.95. The van der Waals surface area contributed by atoms with Crippen molar-refractivity contribution >= 4 is 33.2 Å². The highest BCUT2D eigenvalue weighted by Crippen LogP contribution is 2.16. The summed E-state index contributed by atoms with van der Waals surface area (Å²) in [7, 11) is 0. The normalized spacial score (nSPS) is 11.3. The van der Waals surface area contributed by atoms with Crippen LogP contribution in [0, 0.1) is 11.3 Å². The fraction of sp³-hybridized carbons (Fsp3) is 0.176. The number of nitrogens with one attached hydrogen (secondary N) is 2. The minimum absolute atomic E-state index is 0.112. The van der Waals surface area contributed by atoms with Gasteiger partial charge in [-0.2, -0.15) is 5.26 Å². The third-order valence-corrected chi connectivity index (χ3v) is 3.60. The Morgan fingerprint density at radius 3 is 2.59 bits per heavy atom. The lowest BCUT2D eigenvalue weighted by Crippen LogP contribution is -2.31. The van der Waals surface area contributed by atoms with Gasteiger partial charge in [-0.3, -0.25) is 4.79 Å². The summed E-state index contributed by atoms with van der Waals surface area (Å²) in [5.74, 6) is -0.112. The maximum Gasteiger partial charge on any atom is 0.246 e. The van der Waals surface area contributed by atoms with Crippen molar-refractivity contribution < 1.29 is 4.79 Å². The van der Waals surface area contributed by atoms with E-state index in [-0.39, 0.29) is 11.9 Å². The number of carbonyl (C=O) groups is 1. The quantitative estimate of drug-likeness (QED) is 0.851. The van der Waals surface area contributed by atoms with E-state index in [0.29, 0.717) is 6.42 Å². The van der Waals surface area contributed by atoms with Crippen LogP contribution in [0.25, 0.3) is 0 Å². The van der Waals surface area contributed by atoms with Gasteiger partial charge in [0.05, 0.1) is 12.5 Å². The summed E-state index contributed by atoms with van der Waals surface area (Å²) < 4.78 is 0.916. The summed E-state index contributed by atoms with van der Waals surface area (Å²) >= 11 is 3.37. The number of carbonyl (C=O) groups excluding carboxylic acids is 1. The number of hydrogen-bond acceptors (Lipinski definition) is 3. The molecule has 2 aromatic carbocycles. The van der Waals surface area contributed by atoms with E-state index in [1.807, 2.05) is 48.5 Å². The van der Waals surface area contributed by atoms with Crippen molar-refractivity contribution in [2.45, 2.75) is 19.4 Å². The molecule has 0 aliphatic carbocycles. The van der Waals surface area contributed by atoms with Crippen LogP contribution in [0.15, 0.2) is 53.0 Å². The topological polar surface area (TPSA) is 64.9 Å². The third-order valence-electron chi connectivity index (χ3n) is 3.11. The molecule has 0 heterocycles. The highest BCUT2D eigenvalue weighted by molar-refractivity contribution is 9.10. The second-order valence-electron chi connectivity index (χ2n) is 4.90. The van der Waals surface area contributed by atoms with Crippen LogP contribution >= 0.6 is 15.9 Å². The van der Waals surface area contributed by atoms with Gasteiger partial charge in [0.2, 0.25) is 5.91 Å². The van der Waals surface area contributed by atoms with Crippen LogP contribution in [0.5, 0.6) is 0 Å². The monoisotopic (exact) mass is 357 g/mol. The lowest BCUT2D eigenvalue weighted by atomic mass is 10.1. The predicted octanol–water partition coefficient (Wildman–Crippen LogP) is 3.95. The van der Waals surface area contributed by atoms with Crippen molar-refractivity contribution in [2.75, 3.05) is 10.6 Å². The Kier molecular flexibility index (Phi) is 5.56. The van der Waals surface area contributed by atoms with Crippen molar-refractivity contribution in [3.63, 3.8) is 0 Å². The zero-order chi connectivity index (χ0) is 15.9. The van der Waals surface area contributed by atoms with Crippen molar-refractivity contribution in [3.8, 4) is 6.07 Å². The fourth-order valence-electron chi connectivity index (χ4n) is 1.94. The SMILES string of the molecule is CC(Nc1ccc(CC#N)cc1)C(=O)Nc1cccc(Br)c1. The van der Waals surface area contributed by atoms with Crippen LogP contribution in [0.2, 0.25) is 0 Å². The zero-order valence-corrected chi connectivity index (χ0v) is 13.7. The average Bonchev–Trinajstić information content (AvgIpc) is 2.49. The Labute approximate surface area is 138 Å². The lowest BCUT2D eigenvalue weighted by molar-refractivity contribution is -0.116. The summed E-state index contributed by atoms with van der Waals surface area (Å²) in [4.78, 5) is 12.2. The van der Waals surface area contributed by atoms with E-state index < -0.39 is 0 Å². The molecule has 0 aliphatic rings. The molecule has 1 amide bonds. The Bertz CT molecular complexity index is 692. The van der Waals surface area contributed by atoms with Crippen LogP contribution in [0.4, 0.5) is 11.4 Å². The molecule has 0 spiro atoms. The van der Waals surface area contributed by atoms with Gasteiger partial charge >= 0.3 is 0 Å². The van der Waals surface area contributed by atoms with E-state index in [1.54, 1.807) is 6.92 Å². The van der Waals surface area contributed by atoms with Gasteiger partial charge in [-0.25, -0.2) is 0 Å². The molecule has 0 radical (unpaired) electrons. The largest absolute Gasteiger partial charge is 0.374 e. The van der Waals surface area contributed by atoms with E-state index in [4.69, 9.17) is 5.26 Å². The standard InChI is InChI=1S/C17H16BrN3O/c1-12(17(22)21-16-4-2-3-14(18)11-16)20-15-7-5-13(6-8-15)9-10-19/h2-8,11-12,20H,9H2,1H3,(H,21,22). The fourth-order valence-corrected chi connectivity index (χ4v) is 2.34. The summed E-state index contributed by atoms with van der Waals surface area (Å²) in [6.07, 6.45) is 0.388. The first-order valence-corrected chi connectivity index (χ1v) is 7.66. The first-order valence-electron chi connectivity index (χ1n) is 6.87. The molecule has 1 atom stereocenters. The van der Waals surface area contributed by atoms with Gasteiger partial charge in [0, 0.05) is 15.8 Å². The molecule has 0 aromatic heterocycles. The molecule has 22 heavy (non-hydrogen) atoms. The molecule has 2 N–H and O–H groups in total. The average molecular weight is 358 g/mol. The Morgan fingerprint density at radius 1 is 1.23 bits per heavy atom. The van der Waals surface area contributed by atoms with Crippen molar-refractivity contribution in [1.29, 1.82) is 5.26 Å². The van der Waals surface area contributed by atoms with E-state index >= 15 is 0 Å². The first-order chi connectivity index (χ1) is 10.6. The van der Waals surface area contributed by atoms with Crippen molar-refractivity contribution in [3.05, 3.63) is 58.6 Å². The molecule has 0 saturated heterocycles. The number of hydrogen-bond donors (Lipinski definition) is 2.